The van der Waals surface area contributed by atoms with E-state index in [1.807, 2.05) is 43.5 Å². The summed E-state index contributed by atoms with van der Waals surface area (Å²) < 4.78 is 35.7. The third-order valence-corrected chi connectivity index (χ3v) is 5.49. The van der Waals surface area contributed by atoms with Crippen molar-refractivity contribution in [2.75, 3.05) is 6.61 Å². The number of hydrogen-bond acceptors (Lipinski definition) is 5. The van der Waals surface area contributed by atoms with Crippen LogP contribution in [0.2, 0.25) is 0 Å². The molecule has 31 heavy (non-hydrogen) atoms. The molecule has 1 N–H and O–H groups in total. The van der Waals surface area contributed by atoms with E-state index in [0.717, 1.165) is 16.3 Å². The summed E-state index contributed by atoms with van der Waals surface area (Å²) in [7, 11) is 0. The Morgan fingerprint density at radius 2 is 1.81 bits per heavy atom. The van der Waals surface area contributed by atoms with Gasteiger partial charge in [0.1, 0.15) is 16.5 Å². The van der Waals surface area contributed by atoms with Gasteiger partial charge in [-0.1, -0.05) is 37.3 Å². The van der Waals surface area contributed by atoms with Crippen LogP contribution < -0.4 is 14.8 Å². The molecule has 164 valence electrons. The maximum absolute atomic E-state index is 12.7. The van der Waals surface area contributed by atoms with Crippen molar-refractivity contribution in [1.29, 1.82) is 0 Å². The highest BCUT2D eigenvalue weighted by Crippen LogP contribution is 2.32. The number of hydrogen-bond donors (Lipinski definition) is 1. The molecule has 0 fully saturated rings. The highest BCUT2D eigenvalue weighted by atomic mass is 32.1. The lowest BCUT2D eigenvalue weighted by Crippen LogP contribution is -2.30. The van der Waals surface area contributed by atoms with Gasteiger partial charge < -0.3 is 14.8 Å². The monoisotopic (exact) mass is 446 g/mol. The maximum atomic E-state index is 12.7. The summed E-state index contributed by atoms with van der Waals surface area (Å²) in [6.07, 6.45) is 0.612. The van der Waals surface area contributed by atoms with Gasteiger partial charge >= 0.3 is 6.61 Å². The molecule has 0 saturated heterocycles. The molecule has 1 atom stereocenters. The van der Waals surface area contributed by atoms with Gasteiger partial charge in [0.25, 0.3) is 0 Å². The SMILES string of the molecule is CCOc1ccccc1-c1nc(CC(=O)NC(CC)c2ccccc2OC(F)F)cs1. The molecular formula is C23H24F2N2O3S. The van der Waals surface area contributed by atoms with Gasteiger partial charge in [0.2, 0.25) is 5.91 Å². The fraction of sp³-hybridized carbons (Fsp3) is 0.304. The topological polar surface area (TPSA) is 60.5 Å². The van der Waals surface area contributed by atoms with Crippen molar-refractivity contribution >= 4 is 17.2 Å². The zero-order valence-corrected chi connectivity index (χ0v) is 18.1. The van der Waals surface area contributed by atoms with Gasteiger partial charge in [-0.25, -0.2) is 4.98 Å². The molecule has 0 bridgehead atoms. The number of aromatic nitrogens is 1. The summed E-state index contributed by atoms with van der Waals surface area (Å²) in [5.41, 5.74) is 2.03. The van der Waals surface area contributed by atoms with Crippen LogP contribution >= 0.6 is 11.3 Å². The molecule has 0 aliphatic heterocycles. The first-order chi connectivity index (χ1) is 15.0. The molecule has 3 aromatic rings. The smallest absolute Gasteiger partial charge is 0.387 e. The number of carbonyl (C=O) groups is 1. The van der Waals surface area contributed by atoms with E-state index in [-0.39, 0.29) is 18.1 Å². The zero-order valence-electron chi connectivity index (χ0n) is 17.3. The summed E-state index contributed by atoms with van der Waals surface area (Å²) in [5, 5.41) is 5.51. The van der Waals surface area contributed by atoms with E-state index >= 15 is 0 Å². The normalized spacial score (nSPS) is 11.9. The summed E-state index contributed by atoms with van der Waals surface area (Å²) in [4.78, 5) is 17.2. The van der Waals surface area contributed by atoms with E-state index in [4.69, 9.17) is 4.74 Å². The number of halogens is 2. The largest absolute Gasteiger partial charge is 0.493 e. The second-order valence-corrected chi connectivity index (χ2v) is 7.55. The lowest BCUT2D eigenvalue weighted by atomic mass is 10.0. The Morgan fingerprint density at radius 3 is 2.52 bits per heavy atom. The van der Waals surface area contributed by atoms with Gasteiger partial charge in [-0.15, -0.1) is 11.3 Å². The Kier molecular flexibility index (Phi) is 7.94. The third kappa shape index (κ3) is 6.01. The quantitative estimate of drug-likeness (QED) is 0.439. The predicted molar refractivity (Wildman–Crippen MR) is 117 cm³/mol. The molecule has 1 aromatic heterocycles. The molecular weight excluding hydrogens is 422 g/mol. The predicted octanol–water partition coefficient (Wildman–Crippen LogP) is 5.62. The van der Waals surface area contributed by atoms with Crippen molar-refractivity contribution < 1.29 is 23.0 Å². The average molecular weight is 447 g/mol. The molecule has 3 rings (SSSR count). The standard InChI is InChI=1S/C23H24F2N2O3S/c1-3-18(16-9-5-8-12-20(16)30-23(24)25)27-21(28)13-15-14-31-22(26-15)17-10-6-7-11-19(17)29-4-2/h5-12,14,18,23H,3-4,13H2,1-2H3,(H,27,28). The fourth-order valence-electron chi connectivity index (χ4n) is 3.22. The summed E-state index contributed by atoms with van der Waals surface area (Å²) in [6, 6.07) is 13.7. The van der Waals surface area contributed by atoms with Gasteiger partial charge in [-0.2, -0.15) is 8.78 Å². The molecule has 0 aliphatic carbocycles. The van der Waals surface area contributed by atoms with E-state index in [0.29, 0.717) is 24.3 Å². The second-order valence-electron chi connectivity index (χ2n) is 6.69. The fourth-order valence-corrected chi connectivity index (χ4v) is 4.07. The number of ether oxygens (including phenoxy) is 2. The Balaban J connectivity index is 1.70. The van der Waals surface area contributed by atoms with Crippen LogP contribution in [0.4, 0.5) is 8.78 Å². The molecule has 1 amide bonds. The highest BCUT2D eigenvalue weighted by molar-refractivity contribution is 7.13. The number of amides is 1. The average Bonchev–Trinajstić information content (AvgIpc) is 3.21. The first-order valence-corrected chi connectivity index (χ1v) is 10.9. The van der Waals surface area contributed by atoms with E-state index in [2.05, 4.69) is 15.0 Å². The van der Waals surface area contributed by atoms with Crippen molar-refractivity contribution in [3.63, 3.8) is 0 Å². The minimum atomic E-state index is -2.93. The Morgan fingerprint density at radius 1 is 1.10 bits per heavy atom. The number of benzene rings is 2. The number of alkyl halides is 2. The van der Waals surface area contributed by atoms with Gasteiger partial charge in [0, 0.05) is 10.9 Å². The van der Waals surface area contributed by atoms with Crippen molar-refractivity contribution in [3.05, 3.63) is 65.2 Å². The lowest BCUT2D eigenvalue weighted by Gasteiger charge is -2.20. The summed E-state index contributed by atoms with van der Waals surface area (Å²) in [6.45, 7) is 1.41. The molecule has 0 saturated carbocycles. The number of para-hydroxylation sites is 2. The molecule has 0 radical (unpaired) electrons. The second kappa shape index (κ2) is 10.9. The number of nitrogens with one attached hydrogen (secondary N) is 1. The molecule has 5 nitrogen and oxygen atoms in total. The van der Waals surface area contributed by atoms with Crippen molar-refractivity contribution in [2.45, 2.75) is 39.3 Å². The van der Waals surface area contributed by atoms with Crippen LogP contribution in [0, 0.1) is 0 Å². The van der Waals surface area contributed by atoms with Crippen LogP contribution in [-0.4, -0.2) is 24.1 Å². The number of nitrogens with zero attached hydrogens (tertiary/aromatic N) is 1. The van der Waals surface area contributed by atoms with Gasteiger partial charge in [-0.05, 0) is 31.5 Å². The van der Waals surface area contributed by atoms with Crippen LogP contribution in [0.15, 0.2) is 53.9 Å². The van der Waals surface area contributed by atoms with Crippen molar-refractivity contribution in [1.82, 2.24) is 10.3 Å². The van der Waals surface area contributed by atoms with Gasteiger partial charge in [0.15, 0.2) is 0 Å². The molecule has 2 aromatic carbocycles. The molecule has 0 aliphatic rings. The number of rotatable bonds is 10. The minimum absolute atomic E-state index is 0.0631. The lowest BCUT2D eigenvalue weighted by molar-refractivity contribution is -0.121. The van der Waals surface area contributed by atoms with Crippen LogP contribution in [0.25, 0.3) is 10.6 Å². The molecule has 1 unspecified atom stereocenters. The van der Waals surface area contributed by atoms with Crippen LogP contribution in [-0.2, 0) is 11.2 Å². The summed E-state index contributed by atoms with van der Waals surface area (Å²) >= 11 is 1.44. The first-order valence-electron chi connectivity index (χ1n) is 10.0. The minimum Gasteiger partial charge on any atom is -0.493 e. The van der Waals surface area contributed by atoms with Gasteiger partial charge in [0.05, 0.1) is 30.3 Å². The highest BCUT2D eigenvalue weighted by Gasteiger charge is 2.20. The maximum Gasteiger partial charge on any atom is 0.387 e. The van der Waals surface area contributed by atoms with E-state index in [1.165, 1.54) is 17.4 Å². The Bertz CT molecular complexity index is 1010. The Hall–Kier alpha value is -3.00. The summed E-state index contributed by atoms with van der Waals surface area (Å²) in [5.74, 6) is 0.568. The van der Waals surface area contributed by atoms with Crippen molar-refractivity contribution in [2.24, 2.45) is 0 Å². The van der Waals surface area contributed by atoms with Crippen LogP contribution in [0.5, 0.6) is 11.5 Å². The Labute approximate surface area is 184 Å². The zero-order chi connectivity index (χ0) is 22.2. The first kappa shape index (κ1) is 22.7. The van der Waals surface area contributed by atoms with Gasteiger partial charge in [-0.3, -0.25) is 4.79 Å². The van der Waals surface area contributed by atoms with Crippen molar-refractivity contribution in [3.8, 4) is 22.1 Å². The third-order valence-electron chi connectivity index (χ3n) is 4.56. The van der Waals surface area contributed by atoms with Crippen LogP contribution in [0.3, 0.4) is 0 Å². The van der Waals surface area contributed by atoms with Crippen LogP contribution in [0.1, 0.15) is 37.6 Å². The molecule has 0 spiro atoms. The molecule has 8 heteroatoms. The van der Waals surface area contributed by atoms with E-state index in [9.17, 15) is 13.6 Å². The molecule has 1 heterocycles. The van der Waals surface area contributed by atoms with E-state index < -0.39 is 12.7 Å². The number of thiazole rings is 1. The van der Waals surface area contributed by atoms with E-state index in [1.54, 1.807) is 18.2 Å². The number of carbonyl (C=O) groups excluding carboxylic acids is 1.